The highest BCUT2D eigenvalue weighted by Crippen LogP contribution is 2.19. The number of hydrogen-bond acceptors (Lipinski definition) is 3. The van der Waals surface area contributed by atoms with Crippen LogP contribution in [-0.4, -0.2) is 20.0 Å². The van der Waals surface area contributed by atoms with Crippen LogP contribution in [0.2, 0.25) is 0 Å². The smallest absolute Gasteiger partial charge is 0.185 e. The van der Waals surface area contributed by atoms with E-state index in [-0.39, 0.29) is 17.1 Å². The zero-order chi connectivity index (χ0) is 15.2. The minimum atomic E-state index is -0.557. The number of hydrogen-bond donors (Lipinski definition) is 0. The van der Waals surface area contributed by atoms with Crippen LogP contribution in [0.15, 0.2) is 48.5 Å². The Kier molecular flexibility index (Phi) is 4.72. The van der Waals surface area contributed by atoms with Gasteiger partial charge in [-0.3, -0.25) is 4.79 Å². The Balaban J connectivity index is 2.17. The molecule has 0 saturated carbocycles. The zero-order valence-corrected chi connectivity index (χ0v) is 11.8. The van der Waals surface area contributed by atoms with Crippen LogP contribution in [0.1, 0.15) is 15.9 Å². The van der Waals surface area contributed by atoms with Gasteiger partial charge in [-0.15, -0.1) is 0 Å². The lowest BCUT2D eigenvalue weighted by Gasteiger charge is -2.03. The Bertz CT molecular complexity index is 677. The Morgan fingerprint density at radius 3 is 2.57 bits per heavy atom. The predicted molar refractivity (Wildman–Crippen MR) is 79.3 cm³/mol. The topological polar surface area (TPSA) is 35.5 Å². The van der Waals surface area contributed by atoms with E-state index in [1.54, 1.807) is 19.3 Å². The molecule has 4 heteroatoms. The Morgan fingerprint density at radius 1 is 1.10 bits per heavy atom. The number of methoxy groups -OCH3 is 2. The molecular formula is C17H15FO3. The monoisotopic (exact) mass is 286 g/mol. The normalized spacial score (nSPS) is 10.6. The molecule has 0 aliphatic carbocycles. The van der Waals surface area contributed by atoms with Crippen molar-refractivity contribution in [2.75, 3.05) is 14.2 Å². The summed E-state index contributed by atoms with van der Waals surface area (Å²) >= 11 is 0. The lowest BCUT2D eigenvalue weighted by Crippen LogP contribution is -1.97. The summed E-state index contributed by atoms with van der Waals surface area (Å²) < 4.78 is 23.5. The molecule has 0 spiro atoms. The van der Waals surface area contributed by atoms with Gasteiger partial charge >= 0.3 is 0 Å². The van der Waals surface area contributed by atoms with Crippen molar-refractivity contribution in [3.63, 3.8) is 0 Å². The van der Waals surface area contributed by atoms with Crippen LogP contribution in [-0.2, 0) is 0 Å². The fraction of sp³-hybridized carbons (Fsp3) is 0.118. The molecule has 0 fully saturated rings. The van der Waals surface area contributed by atoms with E-state index in [9.17, 15) is 9.18 Å². The summed E-state index contributed by atoms with van der Waals surface area (Å²) in [4.78, 5) is 12.0. The number of halogens is 1. The molecule has 0 N–H and O–H groups in total. The quantitative estimate of drug-likeness (QED) is 0.620. The number of allylic oxidation sites excluding steroid dienone is 1. The Labute approximate surface area is 122 Å². The van der Waals surface area contributed by atoms with E-state index in [0.717, 1.165) is 11.6 Å². The van der Waals surface area contributed by atoms with E-state index < -0.39 is 5.82 Å². The van der Waals surface area contributed by atoms with Gasteiger partial charge in [0.25, 0.3) is 0 Å². The van der Waals surface area contributed by atoms with Crippen molar-refractivity contribution in [1.29, 1.82) is 0 Å². The van der Waals surface area contributed by atoms with Crippen molar-refractivity contribution >= 4 is 11.9 Å². The van der Waals surface area contributed by atoms with Crippen LogP contribution < -0.4 is 9.47 Å². The van der Waals surface area contributed by atoms with Crippen molar-refractivity contribution in [2.45, 2.75) is 0 Å². The molecule has 0 atom stereocenters. The first-order valence-corrected chi connectivity index (χ1v) is 6.34. The molecule has 0 aliphatic heterocycles. The molecule has 0 saturated heterocycles. The third-order valence-corrected chi connectivity index (χ3v) is 2.96. The van der Waals surface area contributed by atoms with Gasteiger partial charge < -0.3 is 9.47 Å². The summed E-state index contributed by atoms with van der Waals surface area (Å²) in [6.45, 7) is 0. The maximum atomic E-state index is 13.6. The number of ketones is 1. The standard InChI is InChI=1S/C17H15FO3/c1-20-14-5-3-4-12(10-14)6-8-16(19)13-7-9-17(21-2)15(18)11-13/h3-11H,1-2H3/b8-6+. The third kappa shape index (κ3) is 3.69. The lowest BCUT2D eigenvalue weighted by atomic mass is 10.1. The molecule has 0 bridgehead atoms. The molecule has 21 heavy (non-hydrogen) atoms. The molecule has 2 rings (SSSR count). The summed E-state index contributed by atoms with van der Waals surface area (Å²) in [7, 11) is 2.96. The highest BCUT2D eigenvalue weighted by atomic mass is 19.1. The zero-order valence-electron chi connectivity index (χ0n) is 11.8. The van der Waals surface area contributed by atoms with Crippen molar-refractivity contribution in [3.8, 4) is 11.5 Å². The molecule has 0 radical (unpaired) electrons. The second kappa shape index (κ2) is 6.70. The molecule has 3 nitrogen and oxygen atoms in total. The molecule has 108 valence electrons. The number of carbonyl (C=O) groups is 1. The molecular weight excluding hydrogens is 271 g/mol. The second-order valence-corrected chi connectivity index (χ2v) is 4.32. The summed E-state index contributed by atoms with van der Waals surface area (Å²) in [6.07, 6.45) is 3.06. The fourth-order valence-electron chi connectivity index (χ4n) is 1.83. The lowest BCUT2D eigenvalue weighted by molar-refractivity contribution is 0.104. The molecule has 0 aliphatic rings. The third-order valence-electron chi connectivity index (χ3n) is 2.96. The van der Waals surface area contributed by atoms with Crippen molar-refractivity contribution in [3.05, 3.63) is 65.5 Å². The van der Waals surface area contributed by atoms with Gasteiger partial charge in [-0.2, -0.15) is 0 Å². The SMILES string of the molecule is COc1cccc(/C=C/C(=O)c2ccc(OC)c(F)c2)c1. The average molecular weight is 286 g/mol. The number of rotatable bonds is 5. The summed E-state index contributed by atoms with van der Waals surface area (Å²) in [5, 5.41) is 0. The average Bonchev–Trinajstić information content (AvgIpc) is 2.52. The van der Waals surface area contributed by atoms with Gasteiger partial charge in [0, 0.05) is 5.56 Å². The van der Waals surface area contributed by atoms with Gasteiger partial charge in [0.1, 0.15) is 5.75 Å². The van der Waals surface area contributed by atoms with Crippen molar-refractivity contribution in [1.82, 2.24) is 0 Å². The first-order valence-electron chi connectivity index (χ1n) is 6.34. The van der Waals surface area contributed by atoms with E-state index in [1.165, 1.54) is 25.3 Å². The van der Waals surface area contributed by atoms with Crippen molar-refractivity contribution < 1.29 is 18.7 Å². The van der Waals surface area contributed by atoms with Crippen LogP contribution in [0.5, 0.6) is 11.5 Å². The molecule has 0 unspecified atom stereocenters. The van der Waals surface area contributed by atoms with Crippen LogP contribution >= 0.6 is 0 Å². The van der Waals surface area contributed by atoms with E-state index in [2.05, 4.69) is 0 Å². The van der Waals surface area contributed by atoms with Gasteiger partial charge in [-0.25, -0.2) is 4.39 Å². The van der Waals surface area contributed by atoms with E-state index >= 15 is 0 Å². The number of carbonyl (C=O) groups excluding carboxylic acids is 1. The van der Waals surface area contributed by atoms with Gasteiger partial charge in [0.15, 0.2) is 17.3 Å². The van der Waals surface area contributed by atoms with Crippen LogP contribution in [0.4, 0.5) is 4.39 Å². The number of benzene rings is 2. The van der Waals surface area contributed by atoms with Crippen molar-refractivity contribution in [2.24, 2.45) is 0 Å². The minimum Gasteiger partial charge on any atom is -0.497 e. The highest BCUT2D eigenvalue weighted by molar-refractivity contribution is 6.06. The van der Waals surface area contributed by atoms with Crippen LogP contribution in [0, 0.1) is 5.82 Å². The van der Waals surface area contributed by atoms with Gasteiger partial charge in [0.05, 0.1) is 14.2 Å². The first kappa shape index (κ1) is 14.8. The fourth-order valence-corrected chi connectivity index (χ4v) is 1.83. The maximum absolute atomic E-state index is 13.6. The Morgan fingerprint density at radius 2 is 1.90 bits per heavy atom. The van der Waals surface area contributed by atoms with Crippen LogP contribution in [0.25, 0.3) is 6.08 Å². The minimum absolute atomic E-state index is 0.114. The second-order valence-electron chi connectivity index (χ2n) is 4.32. The van der Waals surface area contributed by atoms with E-state index in [1.807, 2.05) is 18.2 Å². The Hall–Kier alpha value is -2.62. The highest BCUT2D eigenvalue weighted by Gasteiger charge is 2.07. The first-order chi connectivity index (χ1) is 10.1. The largest absolute Gasteiger partial charge is 0.497 e. The van der Waals surface area contributed by atoms with Gasteiger partial charge in [-0.1, -0.05) is 18.2 Å². The number of ether oxygens (including phenoxy) is 2. The van der Waals surface area contributed by atoms with Crippen LogP contribution in [0.3, 0.4) is 0 Å². The van der Waals surface area contributed by atoms with E-state index in [4.69, 9.17) is 9.47 Å². The van der Waals surface area contributed by atoms with Gasteiger partial charge in [0.2, 0.25) is 0 Å². The molecule has 0 amide bonds. The molecule has 2 aromatic rings. The van der Waals surface area contributed by atoms with Gasteiger partial charge in [-0.05, 0) is 42.0 Å². The summed E-state index contributed by atoms with van der Waals surface area (Å²) in [5.41, 5.74) is 1.10. The maximum Gasteiger partial charge on any atom is 0.185 e. The van der Waals surface area contributed by atoms with E-state index in [0.29, 0.717) is 5.75 Å². The summed E-state index contributed by atoms with van der Waals surface area (Å²) in [5.74, 6) is -0.0130. The molecule has 2 aromatic carbocycles. The summed E-state index contributed by atoms with van der Waals surface area (Å²) in [6, 6.07) is 11.4. The molecule has 0 heterocycles. The molecule has 0 aromatic heterocycles. The predicted octanol–water partition coefficient (Wildman–Crippen LogP) is 3.74.